The van der Waals surface area contributed by atoms with Crippen molar-refractivity contribution in [3.05, 3.63) is 12.2 Å². The highest BCUT2D eigenvalue weighted by atomic mass is 16.1. The maximum absolute atomic E-state index is 11.2. The molecule has 0 aromatic rings. The molecule has 0 spiro atoms. The number of hydrogen-bond donors (Lipinski definition) is 1. The van der Waals surface area contributed by atoms with Crippen molar-refractivity contribution in [2.45, 2.75) is 31.7 Å². The summed E-state index contributed by atoms with van der Waals surface area (Å²) in [5.41, 5.74) is 5.79. The van der Waals surface area contributed by atoms with E-state index in [0.29, 0.717) is 5.57 Å². The highest BCUT2D eigenvalue weighted by Crippen LogP contribution is 2.31. The number of ketones is 1. The van der Waals surface area contributed by atoms with E-state index < -0.39 is 5.54 Å². The monoisotopic (exact) mass is 139 g/mol. The molecule has 0 bridgehead atoms. The Labute approximate surface area is 61.1 Å². The molecule has 56 valence electrons. The van der Waals surface area contributed by atoms with Gasteiger partial charge in [-0.25, -0.2) is 0 Å². The lowest BCUT2D eigenvalue weighted by atomic mass is 9.73. The van der Waals surface area contributed by atoms with Crippen LogP contribution in [0, 0.1) is 0 Å². The molecule has 0 unspecified atom stereocenters. The third-order valence-corrected chi connectivity index (χ3v) is 2.09. The molecule has 2 N–H and O–H groups in total. The van der Waals surface area contributed by atoms with E-state index in [1.54, 1.807) is 6.92 Å². The Morgan fingerprint density at radius 2 is 2.10 bits per heavy atom. The van der Waals surface area contributed by atoms with Crippen molar-refractivity contribution in [2.24, 2.45) is 5.73 Å². The lowest BCUT2D eigenvalue weighted by Crippen LogP contribution is -2.53. The zero-order valence-electron chi connectivity index (χ0n) is 6.31. The van der Waals surface area contributed by atoms with E-state index >= 15 is 0 Å². The van der Waals surface area contributed by atoms with E-state index in [2.05, 4.69) is 6.58 Å². The van der Waals surface area contributed by atoms with Crippen molar-refractivity contribution < 1.29 is 4.79 Å². The molecular weight excluding hydrogens is 126 g/mol. The third-order valence-electron chi connectivity index (χ3n) is 2.09. The van der Waals surface area contributed by atoms with Gasteiger partial charge in [-0.15, -0.1) is 0 Å². The molecule has 0 heterocycles. The van der Waals surface area contributed by atoms with Crippen LogP contribution in [0.5, 0.6) is 0 Å². The van der Waals surface area contributed by atoms with E-state index in [-0.39, 0.29) is 5.78 Å². The average Bonchev–Trinajstić information content (AvgIpc) is 1.81. The summed E-state index contributed by atoms with van der Waals surface area (Å²) in [5, 5.41) is 0. The van der Waals surface area contributed by atoms with Gasteiger partial charge in [-0.3, -0.25) is 4.79 Å². The first-order valence-corrected chi connectivity index (χ1v) is 3.55. The van der Waals surface area contributed by atoms with Crippen LogP contribution >= 0.6 is 0 Å². The van der Waals surface area contributed by atoms with Crippen LogP contribution in [0.1, 0.15) is 26.2 Å². The molecule has 1 aliphatic rings. The van der Waals surface area contributed by atoms with Crippen LogP contribution in [0.4, 0.5) is 0 Å². The van der Waals surface area contributed by atoms with Gasteiger partial charge in [-0.05, 0) is 31.8 Å². The van der Waals surface area contributed by atoms with Crippen LogP contribution in [0.15, 0.2) is 12.2 Å². The second-order valence-electron chi connectivity index (χ2n) is 3.12. The molecule has 1 fully saturated rings. The lowest BCUT2D eigenvalue weighted by Gasteiger charge is -2.36. The predicted octanol–water partition coefficient (Wildman–Crippen LogP) is 1.01. The summed E-state index contributed by atoms with van der Waals surface area (Å²) in [7, 11) is 0. The third kappa shape index (κ3) is 0.991. The first kappa shape index (κ1) is 7.48. The van der Waals surface area contributed by atoms with E-state index in [0.717, 1.165) is 19.3 Å². The maximum Gasteiger partial charge on any atom is 0.177 e. The van der Waals surface area contributed by atoms with E-state index in [1.165, 1.54) is 0 Å². The normalized spacial score (nSPS) is 21.4. The minimum absolute atomic E-state index is 0.0405. The fraction of sp³-hybridized carbons (Fsp3) is 0.625. The van der Waals surface area contributed by atoms with E-state index in [9.17, 15) is 4.79 Å². The van der Waals surface area contributed by atoms with Gasteiger partial charge in [-0.1, -0.05) is 6.58 Å². The minimum Gasteiger partial charge on any atom is -0.319 e. The lowest BCUT2D eigenvalue weighted by molar-refractivity contribution is -0.123. The summed E-state index contributed by atoms with van der Waals surface area (Å²) in [6.45, 7) is 5.29. The van der Waals surface area contributed by atoms with Crippen molar-refractivity contribution in [1.82, 2.24) is 0 Å². The predicted molar refractivity (Wildman–Crippen MR) is 40.6 cm³/mol. The Bertz CT molecular complexity index is 180. The summed E-state index contributed by atoms with van der Waals surface area (Å²) in [6, 6.07) is 0. The second kappa shape index (κ2) is 2.20. The molecule has 2 nitrogen and oxygen atoms in total. The summed E-state index contributed by atoms with van der Waals surface area (Å²) in [4.78, 5) is 11.2. The minimum atomic E-state index is -0.536. The zero-order chi connectivity index (χ0) is 7.78. The van der Waals surface area contributed by atoms with Gasteiger partial charge < -0.3 is 5.73 Å². The molecule has 1 saturated carbocycles. The van der Waals surface area contributed by atoms with Crippen LogP contribution < -0.4 is 5.73 Å². The largest absolute Gasteiger partial charge is 0.319 e. The summed E-state index contributed by atoms with van der Waals surface area (Å²) >= 11 is 0. The second-order valence-corrected chi connectivity index (χ2v) is 3.12. The van der Waals surface area contributed by atoms with Crippen molar-refractivity contribution in [3.8, 4) is 0 Å². The van der Waals surface area contributed by atoms with Crippen molar-refractivity contribution >= 4 is 5.78 Å². The molecule has 2 heteroatoms. The van der Waals surface area contributed by atoms with Gasteiger partial charge in [0.25, 0.3) is 0 Å². The van der Waals surface area contributed by atoms with Crippen LogP contribution in [-0.2, 0) is 4.79 Å². The van der Waals surface area contributed by atoms with Gasteiger partial charge in [0.15, 0.2) is 5.78 Å². The van der Waals surface area contributed by atoms with Gasteiger partial charge in [0, 0.05) is 0 Å². The van der Waals surface area contributed by atoms with Gasteiger partial charge in [0.2, 0.25) is 0 Å². The van der Waals surface area contributed by atoms with Crippen LogP contribution in [0.25, 0.3) is 0 Å². The molecule has 0 saturated heterocycles. The van der Waals surface area contributed by atoms with Crippen molar-refractivity contribution in [3.63, 3.8) is 0 Å². The highest BCUT2D eigenvalue weighted by molar-refractivity contribution is 6.02. The average molecular weight is 139 g/mol. The Balaban J connectivity index is 2.64. The van der Waals surface area contributed by atoms with E-state index in [4.69, 9.17) is 5.73 Å². The summed E-state index contributed by atoms with van der Waals surface area (Å²) < 4.78 is 0. The number of rotatable bonds is 2. The fourth-order valence-corrected chi connectivity index (χ4v) is 1.21. The molecule has 0 radical (unpaired) electrons. The molecule has 10 heavy (non-hydrogen) atoms. The Kier molecular flexibility index (Phi) is 1.65. The number of Topliss-reactive ketones (excluding diaryl/α,β-unsaturated/α-hetero) is 1. The SMILES string of the molecule is C=C(C)C(=O)C1(N)CCC1. The Morgan fingerprint density at radius 1 is 1.60 bits per heavy atom. The van der Waals surface area contributed by atoms with Crippen LogP contribution in [-0.4, -0.2) is 11.3 Å². The Morgan fingerprint density at radius 3 is 2.20 bits per heavy atom. The fourth-order valence-electron chi connectivity index (χ4n) is 1.21. The molecule has 1 aliphatic carbocycles. The van der Waals surface area contributed by atoms with Crippen LogP contribution in [0.3, 0.4) is 0 Å². The van der Waals surface area contributed by atoms with Crippen molar-refractivity contribution in [1.29, 1.82) is 0 Å². The first-order chi connectivity index (χ1) is 4.56. The molecule has 0 aliphatic heterocycles. The molecule has 0 aromatic carbocycles. The molecule has 0 aromatic heterocycles. The summed E-state index contributed by atoms with van der Waals surface area (Å²) in [6.07, 6.45) is 2.74. The maximum atomic E-state index is 11.2. The highest BCUT2D eigenvalue weighted by Gasteiger charge is 2.39. The molecular formula is C8H13NO. The van der Waals surface area contributed by atoms with Gasteiger partial charge in [0.05, 0.1) is 5.54 Å². The van der Waals surface area contributed by atoms with Crippen LogP contribution in [0.2, 0.25) is 0 Å². The topological polar surface area (TPSA) is 43.1 Å². The van der Waals surface area contributed by atoms with Crippen molar-refractivity contribution in [2.75, 3.05) is 0 Å². The van der Waals surface area contributed by atoms with Gasteiger partial charge >= 0.3 is 0 Å². The summed E-state index contributed by atoms with van der Waals surface area (Å²) in [5.74, 6) is 0.0405. The van der Waals surface area contributed by atoms with Gasteiger partial charge in [0.1, 0.15) is 0 Å². The Hall–Kier alpha value is -0.630. The first-order valence-electron chi connectivity index (χ1n) is 3.55. The number of carbonyl (C=O) groups is 1. The molecule has 0 atom stereocenters. The zero-order valence-corrected chi connectivity index (χ0v) is 6.31. The number of nitrogens with two attached hydrogens (primary N) is 1. The number of hydrogen-bond acceptors (Lipinski definition) is 2. The van der Waals surface area contributed by atoms with Gasteiger partial charge in [-0.2, -0.15) is 0 Å². The number of carbonyl (C=O) groups excluding carboxylic acids is 1. The standard InChI is InChI=1S/C8H13NO/c1-6(2)7(10)8(9)4-3-5-8/h1,3-5,9H2,2H3. The smallest absolute Gasteiger partial charge is 0.177 e. The quantitative estimate of drug-likeness (QED) is 0.580. The molecule has 1 rings (SSSR count). The molecule has 0 amide bonds. The van der Waals surface area contributed by atoms with E-state index in [1.807, 2.05) is 0 Å².